The molecule has 2 aromatic carbocycles. The van der Waals surface area contributed by atoms with Crippen molar-refractivity contribution >= 4 is 11.6 Å². The van der Waals surface area contributed by atoms with Crippen LogP contribution in [-0.2, 0) is 11.3 Å². The zero-order valence-corrected chi connectivity index (χ0v) is 12.6. The number of carbonyl (C=O) groups is 1. The lowest BCUT2D eigenvalue weighted by Crippen LogP contribution is -2.30. The first-order valence-corrected chi connectivity index (χ1v) is 7.50. The second-order valence-electron chi connectivity index (χ2n) is 5.15. The molecular formula is C18H22N2O2. The van der Waals surface area contributed by atoms with Gasteiger partial charge in [-0.3, -0.25) is 9.69 Å². The fraction of sp³-hybridized carbons (Fsp3) is 0.278. The average molecular weight is 298 g/mol. The molecule has 0 bridgehead atoms. The molecule has 0 heterocycles. The molecule has 0 saturated heterocycles. The number of benzene rings is 2. The van der Waals surface area contributed by atoms with E-state index in [0.29, 0.717) is 19.5 Å². The summed E-state index contributed by atoms with van der Waals surface area (Å²) in [6.45, 7) is 2.01. The van der Waals surface area contributed by atoms with Gasteiger partial charge in [0.05, 0.1) is 6.61 Å². The fourth-order valence-corrected chi connectivity index (χ4v) is 2.26. The summed E-state index contributed by atoms with van der Waals surface area (Å²) in [5, 5.41) is 12.0. The largest absolute Gasteiger partial charge is 0.395 e. The number of aliphatic hydroxyl groups is 1. The number of para-hydroxylation sites is 1. The van der Waals surface area contributed by atoms with Crippen LogP contribution < -0.4 is 5.32 Å². The van der Waals surface area contributed by atoms with Crippen LogP contribution in [0.15, 0.2) is 60.7 Å². The summed E-state index contributed by atoms with van der Waals surface area (Å²) in [6, 6.07) is 19.5. The molecule has 0 aliphatic heterocycles. The van der Waals surface area contributed by atoms with Crippen molar-refractivity contribution in [2.45, 2.75) is 13.0 Å². The number of hydrogen-bond acceptors (Lipinski definition) is 3. The van der Waals surface area contributed by atoms with Crippen LogP contribution in [0.4, 0.5) is 5.69 Å². The fourth-order valence-electron chi connectivity index (χ4n) is 2.26. The van der Waals surface area contributed by atoms with Crippen LogP contribution in [0.5, 0.6) is 0 Å². The van der Waals surface area contributed by atoms with Gasteiger partial charge >= 0.3 is 0 Å². The Morgan fingerprint density at radius 1 is 0.955 bits per heavy atom. The zero-order chi connectivity index (χ0) is 15.6. The molecule has 0 fully saturated rings. The Kier molecular flexibility index (Phi) is 6.61. The molecule has 0 aromatic heterocycles. The van der Waals surface area contributed by atoms with Gasteiger partial charge in [0.15, 0.2) is 0 Å². The van der Waals surface area contributed by atoms with Gasteiger partial charge in [-0.05, 0) is 17.7 Å². The van der Waals surface area contributed by atoms with Gasteiger partial charge in [0.25, 0.3) is 0 Å². The first-order chi connectivity index (χ1) is 10.8. The molecule has 0 spiro atoms. The van der Waals surface area contributed by atoms with Gasteiger partial charge in [-0.1, -0.05) is 48.5 Å². The van der Waals surface area contributed by atoms with Gasteiger partial charge in [0, 0.05) is 31.7 Å². The van der Waals surface area contributed by atoms with E-state index in [0.717, 1.165) is 12.2 Å². The molecule has 2 rings (SSSR count). The summed E-state index contributed by atoms with van der Waals surface area (Å²) >= 11 is 0. The molecule has 4 heteroatoms. The minimum absolute atomic E-state index is 0.0119. The zero-order valence-electron chi connectivity index (χ0n) is 12.6. The molecular weight excluding hydrogens is 276 g/mol. The number of carbonyl (C=O) groups excluding carboxylic acids is 1. The maximum atomic E-state index is 12.0. The van der Waals surface area contributed by atoms with Crippen LogP contribution in [0.1, 0.15) is 12.0 Å². The highest BCUT2D eigenvalue weighted by atomic mass is 16.3. The molecule has 0 aliphatic carbocycles. The summed E-state index contributed by atoms with van der Waals surface area (Å²) in [7, 11) is 0. The number of nitrogens with one attached hydrogen (secondary N) is 1. The van der Waals surface area contributed by atoms with E-state index < -0.39 is 0 Å². The SMILES string of the molecule is O=C(CCN(CCO)Cc1ccccc1)Nc1ccccc1. The topological polar surface area (TPSA) is 52.6 Å². The van der Waals surface area contributed by atoms with Gasteiger partial charge < -0.3 is 10.4 Å². The normalized spacial score (nSPS) is 10.6. The van der Waals surface area contributed by atoms with E-state index in [1.807, 2.05) is 48.5 Å². The first-order valence-electron chi connectivity index (χ1n) is 7.50. The van der Waals surface area contributed by atoms with E-state index in [4.69, 9.17) is 0 Å². The highest BCUT2D eigenvalue weighted by Gasteiger charge is 2.09. The second-order valence-corrected chi connectivity index (χ2v) is 5.15. The third kappa shape index (κ3) is 5.68. The molecule has 116 valence electrons. The van der Waals surface area contributed by atoms with Crippen molar-refractivity contribution in [2.24, 2.45) is 0 Å². The number of anilines is 1. The van der Waals surface area contributed by atoms with Crippen molar-refractivity contribution in [3.05, 3.63) is 66.2 Å². The van der Waals surface area contributed by atoms with E-state index >= 15 is 0 Å². The van der Waals surface area contributed by atoms with Gasteiger partial charge in [-0.15, -0.1) is 0 Å². The molecule has 0 aliphatic rings. The smallest absolute Gasteiger partial charge is 0.225 e. The van der Waals surface area contributed by atoms with Crippen LogP contribution in [0, 0.1) is 0 Å². The molecule has 2 aromatic rings. The van der Waals surface area contributed by atoms with Gasteiger partial charge in [0.1, 0.15) is 0 Å². The van der Waals surface area contributed by atoms with Crippen molar-refractivity contribution in [3.8, 4) is 0 Å². The maximum absolute atomic E-state index is 12.0. The maximum Gasteiger partial charge on any atom is 0.225 e. The van der Waals surface area contributed by atoms with Crippen LogP contribution in [-0.4, -0.2) is 35.6 Å². The number of amides is 1. The molecule has 0 saturated carbocycles. The summed E-state index contributed by atoms with van der Waals surface area (Å²) in [5.74, 6) is -0.0119. The molecule has 22 heavy (non-hydrogen) atoms. The number of nitrogens with zero attached hydrogens (tertiary/aromatic N) is 1. The Morgan fingerprint density at radius 2 is 1.59 bits per heavy atom. The highest BCUT2D eigenvalue weighted by molar-refractivity contribution is 5.90. The Bertz CT molecular complexity index is 558. The van der Waals surface area contributed by atoms with Crippen molar-refractivity contribution in [3.63, 3.8) is 0 Å². The molecule has 0 radical (unpaired) electrons. The number of aliphatic hydroxyl groups excluding tert-OH is 1. The molecule has 2 N–H and O–H groups in total. The summed E-state index contributed by atoms with van der Waals surface area (Å²) < 4.78 is 0. The van der Waals surface area contributed by atoms with E-state index in [2.05, 4.69) is 22.3 Å². The third-order valence-electron chi connectivity index (χ3n) is 3.38. The van der Waals surface area contributed by atoms with Crippen molar-refractivity contribution < 1.29 is 9.90 Å². The Labute approximate surface area is 131 Å². The van der Waals surface area contributed by atoms with E-state index in [1.165, 1.54) is 5.56 Å². The molecule has 0 unspecified atom stereocenters. The predicted octanol–water partition coefficient (Wildman–Crippen LogP) is 2.51. The van der Waals surface area contributed by atoms with Crippen LogP contribution in [0.3, 0.4) is 0 Å². The first kappa shape index (κ1) is 16.2. The Balaban J connectivity index is 1.82. The molecule has 0 atom stereocenters. The lowest BCUT2D eigenvalue weighted by atomic mass is 10.2. The minimum Gasteiger partial charge on any atom is -0.395 e. The van der Waals surface area contributed by atoms with Crippen molar-refractivity contribution in [2.75, 3.05) is 25.0 Å². The monoisotopic (exact) mass is 298 g/mol. The minimum atomic E-state index is -0.0119. The van der Waals surface area contributed by atoms with Crippen LogP contribution >= 0.6 is 0 Å². The second kappa shape index (κ2) is 8.97. The van der Waals surface area contributed by atoms with Crippen molar-refractivity contribution in [1.29, 1.82) is 0 Å². The summed E-state index contributed by atoms with van der Waals surface area (Å²) in [5.41, 5.74) is 1.99. The Hall–Kier alpha value is -2.17. The van der Waals surface area contributed by atoms with E-state index in [-0.39, 0.29) is 12.5 Å². The lowest BCUT2D eigenvalue weighted by molar-refractivity contribution is -0.116. The standard InChI is InChI=1S/C18H22N2O2/c21-14-13-20(15-16-7-3-1-4-8-16)12-11-18(22)19-17-9-5-2-6-10-17/h1-10,21H,11-15H2,(H,19,22). The molecule has 1 amide bonds. The summed E-state index contributed by atoms with van der Waals surface area (Å²) in [6.07, 6.45) is 0.404. The van der Waals surface area contributed by atoms with Crippen molar-refractivity contribution in [1.82, 2.24) is 4.90 Å². The third-order valence-corrected chi connectivity index (χ3v) is 3.38. The van der Waals surface area contributed by atoms with Gasteiger partial charge in [-0.25, -0.2) is 0 Å². The predicted molar refractivity (Wildman–Crippen MR) is 88.5 cm³/mol. The highest BCUT2D eigenvalue weighted by Crippen LogP contribution is 2.07. The number of hydrogen-bond donors (Lipinski definition) is 2. The quantitative estimate of drug-likeness (QED) is 0.787. The van der Waals surface area contributed by atoms with Gasteiger partial charge in [-0.2, -0.15) is 0 Å². The average Bonchev–Trinajstić information content (AvgIpc) is 2.55. The lowest BCUT2D eigenvalue weighted by Gasteiger charge is -2.21. The number of rotatable bonds is 8. The van der Waals surface area contributed by atoms with E-state index in [1.54, 1.807) is 0 Å². The van der Waals surface area contributed by atoms with Gasteiger partial charge in [0.2, 0.25) is 5.91 Å². The summed E-state index contributed by atoms with van der Waals surface area (Å²) in [4.78, 5) is 14.1. The Morgan fingerprint density at radius 3 is 2.23 bits per heavy atom. The van der Waals surface area contributed by atoms with E-state index in [9.17, 15) is 9.90 Å². The van der Waals surface area contributed by atoms with Crippen LogP contribution in [0.25, 0.3) is 0 Å². The van der Waals surface area contributed by atoms with Crippen LogP contribution in [0.2, 0.25) is 0 Å². The molecule has 4 nitrogen and oxygen atoms in total.